The molecule has 1 amide bonds. The van der Waals surface area contributed by atoms with Gasteiger partial charge in [-0.25, -0.2) is 24.5 Å². The summed E-state index contributed by atoms with van der Waals surface area (Å²) in [5.74, 6) is 1.24. The first-order valence-electron chi connectivity index (χ1n) is 15.5. The van der Waals surface area contributed by atoms with E-state index in [9.17, 15) is 9.59 Å². The quantitative estimate of drug-likeness (QED) is 0.369. The van der Waals surface area contributed by atoms with Crippen molar-refractivity contribution in [3.8, 4) is 5.75 Å². The smallest absolute Gasteiger partial charge is 0.408 e. The van der Waals surface area contributed by atoms with Gasteiger partial charge in [0.05, 0.1) is 37.5 Å². The Labute approximate surface area is 272 Å². The molecule has 12 nitrogen and oxygen atoms in total. The van der Waals surface area contributed by atoms with Crippen LogP contribution in [0.25, 0.3) is 0 Å². The number of aromatic nitrogens is 3. The van der Waals surface area contributed by atoms with Gasteiger partial charge in [-0.05, 0) is 57.2 Å². The van der Waals surface area contributed by atoms with E-state index in [1.165, 1.54) is 24.4 Å². The lowest BCUT2D eigenvalue weighted by molar-refractivity contribution is -0.0652. The maximum Gasteiger partial charge on any atom is 0.408 e. The van der Waals surface area contributed by atoms with Gasteiger partial charge in [0.1, 0.15) is 22.8 Å². The van der Waals surface area contributed by atoms with E-state index in [1.54, 1.807) is 12.4 Å². The molecule has 5 heterocycles. The van der Waals surface area contributed by atoms with Crippen LogP contribution in [0.3, 0.4) is 0 Å². The van der Waals surface area contributed by atoms with Gasteiger partial charge in [0, 0.05) is 24.7 Å². The van der Waals surface area contributed by atoms with E-state index in [4.69, 9.17) is 28.9 Å². The standard InChI is InChI=1S/C33H38N6O6S/c1-31(2,3)45-30(41)37-26-21-8-6-5-7-20(21)15-32(26)10-13-39(14-11-32)28-24(29(40)42-4)36-23(16-35-28)46-22-9-12-34-27-25(22)44-19-33(38-27)17-43-18-33/h5-9,12,16,26H,10-11,13-15,17-19H2,1-4H3,(H,34,38)(H,37,41)/t26-/m1/s1. The van der Waals surface area contributed by atoms with Crippen molar-refractivity contribution >= 4 is 35.5 Å². The average molecular weight is 647 g/mol. The number of anilines is 2. The van der Waals surface area contributed by atoms with E-state index in [2.05, 4.69) is 32.7 Å². The zero-order chi connectivity index (χ0) is 32.1. The van der Waals surface area contributed by atoms with Crippen LogP contribution in [-0.4, -0.2) is 78.2 Å². The molecule has 7 rings (SSSR count). The van der Waals surface area contributed by atoms with E-state index in [0.29, 0.717) is 55.3 Å². The summed E-state index contributed by atoms with van der Waals surface area (Å²) in [6.45, 7) is 8.49. The number of fused-ring (bicyclic) bond motifs is 2. The number of nitrogens with zero attached hydrogens (tertiary/aromatic N) is 4. The molecule has 1 atom stereocenters. The predicted octanol–water partition coefficient (Wildman–Crippen LogP) is 4.79. The maximum atomic E-state index is 13.0. The molecule has 242 valence electrons. The number of carbonyl (C=O) groups is 2. The molecule has 46 heavy (non-hydrogen) atoms. The monoisotopic (exact) mass is 646 g/mol. The van der Waals surface area contributed by atoms with Crippen LogP contribution in [-0.2, 0) is 20.6 Å². The molecule has 13 heteroatoms. The molecule has 0 radical (unpaired) electrons. The van der Waals surface area contributed by atoms with Crippen LogP contribution < -0.4 is 20.3 Å². The highest BCUT2D eigenvalue weighted by Crippen LogP contribution is 2.52. The second kappa shape index (κ2) is 11.6. The van der Waals surface area contributed by atoms with Crippen molar-refractivity contribution in [1.29, 1.82) is 0 Å². The molecule has 3 aliphatic heterocycles. The van der Waals surface area contributed by atoms with Gasteiger partial charge in [0.2, 0.25) is 0 Å². The van der Waals surface area contributed by atoms with Gasteiger partial charge in [-0.2, -0.15) is 0 Å². The summed E-state index contributed by atoms with van der Waals surface area (Å²) in [5.41, 5.74) is 1.51. The Morgan fingerprint density at radius 3 is 2.61 bits per heavy atom. The first kappa shape index (κ1) is 30.5. The van der Waals surface area contributed by atoms with Crippen LogP contribution >= 0.6 is 11.8 Å². The highest BCUT2D eigenvalue weighted by atomic mass is 32.2. The van der Waals surface area contributed by atoms with Crippen molar-refractivity contribution in [3.05, 3.63) is 59.5 Å². The van der Waals surface area contributed by atoms with Gasteiger partial charge in [-0.1, -0.05) is 36.0 Å². The molecule has 1 aliphatic carbocycles. The number of benzene rings is 1. The fourth-order valence-electron chi connectivity index (χ4n) is 6.81. The molecule has 2 spiro atoms. The minimum absolute atomic E-state index is 0.161. The molecule has 4 aliphatic rings. The number of rotatable bonds is 5. The van der Waals surface area contributed by atoms with Crippen molar-refractivity contribution in [2.75, 3.05) is 50.2 Å². The van der Waals surface area contributed by atoms with Crippen LogP contribution in [0.15, 0.2) is 52.6 Å². The third-order valence-corrected chi connectivity index (χ3v) is 10.0. The Hall–Kier alpha value is -4.10. The lowest BCUT2D eigenvalue weighted by atomic mass is 9.72. The number of esters is 1. The fraction of sp³-hybridized carbons (Fsp3) is 0.485. The van der Waals surface area contributed by atoms with E-state index >= 15 is 0 Å². The third kappa shape index (κ3) is 5.70. The Balaban J connectivity index is 1.10. The second-order valence-corrected chi connectivity index (χ2v) is 14.5. The largest absolute Gasteiger partial charge is 0.486 e. The number of piperidine rings is 1. The van der Waals surface area contributed by atoms with Gasteiger partial charge >= 0.3 is 12.1 Å². The Bertz CT molecular complexity index is 1670. The van der Waals surface area contributed by atoms with Crippen LogP contribution in [0.2, 0.25) is 0 Å². The average Bonchev–Trinajstić information content (AvgIpc) is 3.31. The SMILES string of the molecule is COC(=O)c1nc(Sc2ccnc3c2OCC2(COC2)N3)cnc1N1CCC2(CC1)Cc1ccccc1[C@H]2NC(=O)OC(C)(C)C. The molecule has 2 saturated heterocycles. The number of methoxy groups -OCH3 is 1. The predicted molar refractivity (Wildman–Crippen MR) is 171 cm³/mol. The molecule has 1 aromatic carbocycles. The number of amides is 1. The number of pyridine rings is 1. The minimum Gasteiger partial charge on any atom is -0.486 e. The molecule has 0 saturated carbocycles. The summed E-state index contributed by atoms with van der Waals surface area (Å²) >= 11 is 1.36. The van der Waals surface area contributed by atoms with Crippen LogP contribution in [0.1, 0.15) is 61.3 Å². The van der Waals surface area contributed by atoms with Crippen molar-refractivity contribution in [1.82, 2.24) is 20.3 Å². The first-order valence-corrected chi connectivity index (χ1v) is 16.3. The molecule has 3 aromatic rings. The van der Waals surface area contributed by atoms with Crippen molar-refractivity contribution in [3.63, 3.8) is 0 Å². The molecule has 2 fully saturated rings. The van der Waals surface area contributed by atoms with Gasteiger partial charge in [0.15, 0.2) is 23.1 Å². The summed E-state index contributed by atoms with van der Waals surface area (Å²) in [5, 5.41) is 7.19. The molecular formula is C33H38N6O6S. The molecule has 0 unspecified atom stereocenters. The lowest BCUT2D eigenvalue weighted by Gasteiger charge is -2.45. The number of ether oxygens (including phenoxy) is 4. The van der Waals surface area contributed by atoms with Gasteiger partial charge in [0.25, 0.3) is 0 Å². The second-order valence-electron chi connectivity index (χ2n) is 13.5. The summed E-state index contributed by atoms with van der Waals surface area (Å²) in [4.78, 5) is 42.8. The van der Waals surface area contributed by atoms with Crippen LogP contribution in [0.5, 0.6) is 5.75 Å². The van der Waals surface area contributed by atoms with E-state index in [-0.39, 0.29) is 22.7 Å². The zero-order valence-corrected chi connectivity index (χ0v) is 27.2. The maximum absolute atomic E-state index is 13.0. The van der Waals surface area contributed by atoms with Gasteiger partial charge in [-0.15, -0.1) is 0 Å². The number of hydrogen-bond acceptors (Lipinski definition) is 12. The number of nitrogens with one attached hydrogen (secondary N) is 2. The number of hydrogen-bond donors (Lipinski definition) is 2. The van der Waals surface area contributed by atoms with Crippen LogP contribution in [0.4, 0.5) is 16.4 Å². The lowest BCUT2D eigenvalue weighted by Crippen LogP contribution is -2.61. The van der Waals surface area contributed by atoms with Crippen molar-refractivity contribution < 1.29 is 28.5 Å². The van der Waals surface area contributed by atoms with Crippen molar-refractivity contribution in [2.24, 2.45) is 5.41 Å². The van der Waals surface area contributed by atoms with Crippen LogP contribution in [0, 0.1) is 5.41 Å². The third-order valence-electron chi connectivity index (χ3n) is 9.07. The van der Waals surface area contributed by atoms with Gasteiger partial charge in [-0.3, -0.25) is 0 Å². The Morgan fingerprint density at radius 2 is 1.89 bits per heavy atom. The Morgan fingerprint density at radius 1 is 1.11 bits per heavy atom. The minimum atomic E-state index is -0.596. The number of alkyl carbamates (subject to hydrolysis) is 1. The summed E-state index contributed by atoms with van der Waals surface area (Å²) in [6, 6.07) is 9.96. The topological polar surface area (TPSA) is 137 Å². The summed E-state index contributed by atoms with van der Waals surface area (Å²) in [6.07, 6.45) is 5.39. The molecule has 2 aromatic heterocycles. The van der Waals surface area contributed by atoms with Crippen molar-refractivity contribution in [2.45, 2.75) is 67.1 Å². The molecule has 0 bridgehead atoms. The summed E-state index contributed by atoms with van der Waals surface area (Å²) < 4.78 is 22.3. The number of carbonyl (C=O) groups excluding carboxylic acids is 2. The van der Waals surface area contributed by atoms with Gasteiger partial charge < -0.3 is 34.5 Å². The highest BCUT2D eigenvalue weighted by molar-refractivity contribution is 7.99. The fourth-order valence-corrected chi connectivity index (χ4v) is 7.65. The highest BCUT2D eigenvalue weighted by Gasteiger charge is 2.49. The molecular weight excluding hydrogens is 608 g/mol. The molecule has 2 N–H and O–H groups in total. The summed E-state index contributed by atoms with van der Waals surface area (Å²) in [7, 11) is 1.35. The normalized spacial score (nSPS) is 20.5. The van der Waals surface area contributed by atoms with E-state index in [1.807, 2.05) is 39.0 Å². The van der Waals surface area contributed by atoms with E-state index < -0.39 is 17.7 Å². The van der Waals surface area contributed by atoms with E-state index in [0.717, 1.165) is 29.7 Å². The zero-order valence-electron chi connectivity index (χ0n) is 26.4. The first-order chi connectivity index (χ1) is 22.1. The Kier molecular flexibility index (Phi) is 7.71.